The molecular formula is C15H10O6. The minimum atomic E-state index is -0.502. The van der Waals surface area contributed by atoms with Crippen molar-refractivity contribution >= 4 is 11.9 Å². The Hall–Kier alpha value is -3.15. The molecule has 2 aromatic carbocycles. The van der Waals surface area contributed by atoms with Crippen molar-refractivity contribution in [1.29, 1.82) is 0 Å². The van der Waals surface area contributed by atoms with Crippen LogP contribution in [0.3, 0.4) is 0 Å². The Morgan fingerprint density at radius 3 is 2.33 bits per heavy atom. The highest BCUT2D eigenvalue weighted by Crippen LogP contribution is 2.44. The third-order valence-corrected chi connectivity index (χ3v) is 3.09. The molecule has 6 heteroatoms. The fourth-order valence-electron chi connectivity index (χ4n) is 2.01. The zero-order valence-corrected chi connectivity index (χ0v) is 10.6. The lowest BCUT2D eigenvalue weighted by atomic mass is 10.1. The summed E-state index contributed by atoms with van der Waals surface area (Å²) in [6.07, 6.45) is 1.36. The predicted octanol–water partition coefficient (Wildman–Crippen LogP) is 2.13. The number of hydrogen-bond acceptors (Lipinski definition) is 6. The highest BCUT2D eigenvalue weighted by Gasteiger charge is 2.31. The summed E-state index contributed by atoms with van der Waals surface area (Å²) in [4.78, 5) is 12.1. The average Bonchev–Trinajstić information content (AvgIpc) is 2.76. The molecule has 0 saturated carbocycles. The third-order valence-electron chi connectivity index (χ3n) is 3.09. The van der Waals surface area contributed by atoms with Gasteiger partial charge in [0.1, 0.15) is 0 Å². The van der Waals surface area contributed by atoms with E-state index in [1.54, 1.807) is 0 Å². The fourth-order valence-corrected chi connectivity index (χ4v) is 2.01. The molecule has 3 rings (SSSR count). The van der Waals surface area contributed by atoms with Gasteiger partial charge in [0, 0.05) is 0 Å². The zero-order valence-electron chi connectivity index (χ0n) is 10.6. The molecule has 6 nitrogen and oxygen atoms in total. The van der Waals surface area contributed by atoms with Crippen molar-refractivity contribution < 1.29 is 30.0 Å². The number of rotatable bonds is 1. The molecule has 0 aliphatic carbocycles. The van der Waals surface area contributed by atoms with Gasteiger partial charge in [-0.2, -0.15) is 0 Å². The first-order valence-corrected chi connectivity index (χ1v) is 5.98. The van der Waals surface area contributed by atoms with Crippen LogP contribution >= 0.6 is 0 Å². The Balaban J connectivity index is 2.02. The van der Waals surface area contributed by atoms with Crippen LogP contribution in [-0.2, 0) is 0 Å². The fraction of sp³-hybridized carbons (Fsp3) is 0. The Kier molecular flexibility index (Phi) is 2.72. The number of hydrogen-bond donors (Lipinski definition) is 4. The van der Waals surface area contributed by atoms with Gasteiger partial charge in [0.05, 0.1) is 5.56 Å². The molecule has 1 heterocycles. The van der Waals surface area contributed by atoms with E-state index in [1.807, 2.05) is 0 Å². The molecule has 0 fully saturated rings. The Bertz CT molecular complexity index is 791. The molecule has 0 amide bonds. The minimum Gasteiger partial charge on any atom is -0.504 e. The van der Waals surface area contributed by atoms with Gasteiger partial charge in [0.25, 0.3) is 0 Å². The Labute approximate surface area is 118 Å². The first-order chi connectivity index (χ1) is 9.97. The molecule has 0 aromatic heterocycles. The molecule has 4 N–H and O–H groups in total. The van der Waals surface area contributed by atoms with E-state index in [0.29, 0.717) is 5.56 Å². The quantitative estimate of drug-likeness (QED) is 0.472. The molecule has 21 heavy (non-hydrogen) atoms. The maximum Gasteiger partial charge on any atom is 0.232 e. The highest BCUT2D eigenvalue weighted by molar-refractivity contribution is 6.15. The number of phenolic OH excluding ortho intramolecular Hbond substituents is 4. The van der Waals surface area contributed by atoms with E-state index >= 15 is 0 Å². The second kappa shape index (κ2) is 4.45. The van der Waals surface area contributed by atoms with Crippen LogP contribution in [0.25, 0.3) is 6.08 Å². The van der Waals surface area contributed by atoms with Gasteiger partial charge >= 0.3 is 0 Å². The second-order valence-corrected chi connectivity index (χ2v) is 4.50. The second-order valence-electron chi connectivity index (χ2n) is 4.50. The normalized spacial score (nSPS) is 15.0. The molecule has 0 unspecified atom stereocenters. The average molecular weight is 286 g/mol. The van der Waals surface area contributed by atoms with Crippen molar-refractivity contribution in [2.45, 2.75) is 0 Å². The lowest BCUT2D eigenvalue weighted by Gasteiger charge is -2.03. The lowest BCUT2D eigenvalue weighted by Crippen LogP contribution is -1.97. The summed E-state index contributed by atoms with van der Waals surface area (Å²) in [5, 5.41) is 37.7. The summed E-state index contributed by atoms with van der Waals surface area (Å²) in [6.45, 7) is 0. The molecule has 0 radical (unpaired) electrons. The summed E-state index contributed by atoms with van der Waals surface area (Å²) < 4.78 is 5.26. The topological polar surface area (TPSA) is 107 Å². The summed E-state index contributed by atoms with van der Waals surface area (Å²) in [6, 6.07) is 6.57. The van der Waals surface area contributed by atoms with E-state index in [2.05, 4.69) is 0 Å². The molecule has 0 atom stereocenters. The monoisotopic (exact) mass is 286 g/mol. The van der Waals surface area contributed by atoms with Crippen LogP contribution in [0.4, 0.5) is 0 Å². The van der Waals surface area contributed by atoms with Gasteiger partial charge in [-0.05, 0) is 35.9 Å². The summed E-state index contributed by atoms with van der Waals surface area (Å²) in [5.41, 5.74) is 0.574. The van der Waals surface area contributed by atoms with Crippen molar-refractivity contribution in [3.05, 3.63) is 47.2 Å². The maximum absolute atomic E-state index is 12.1. The number of phenols is 4. The number of carbonyl (C=O) groups excluding carboxylic acids is 1. The van der Waals surface area contributed by atoms with Crippen LogP contribution < -0.4 is 4.74 Å². The predicted molar refractivity (Wildman–Crippen MR) is 72.5 cm³/mol. The van der Waals surface area contributed by atoms with Crippen LogP contribution in [0.15, 0.2) is 36.1 Å². The number of fused-ring (bicyclic) bond motifs is 1. The molecule has 1 aliphatic rings. The molecule has 106 valence electrons. The first kappa shape index (κ1) is 12.9. The lowest BCUT2D eigenvalue weighted by molar-refractivity contribution is 0.101. The van der Waals surface area contributed by atoms with Gasteiger partial charge in [0.15, 0.2) is 28.8 Å². The number of aromatic hydroxyl groups is 4. The van der Waals surface area contributed by atoms with Crippen molar-refractivity contribution in [2.24, 2.45) is 0 Å². The van der Waals surface area contributed by atoms with Gasteiger partial charge in [-0.15, -0.1) is 0 Å². The van der Waals surface area contributed by atoms with E-state index < -0.39 is 11.5 Å². The third kappa shape index (κ3) is 2.02. The van der Waals surface area contributed by atoms with E-state index in [4.69, 9.17) is 4.74 Å². The molecule has 2 aromatic rings. The molecule has 0 saturated heterocycles. The minimum absolute atomic E-state index is 0.0593. The number of Topliss-reactive ketones (excluding diaryl/α,β-unsaturated/α-hetero) is 1. The van der Waals surface area contributed by atoms with Gasteiger partial charge in [0.2, 0.25) is 11.5 Å². The number of allylic oxidation sites excluding steroid dienone is 1. The standard InChI is InChI=1S/C15H10O6/c16-9-3-1-7(5-11(9)18)6-12-13(19)8-2-4-10(17)14(20)15(8)21-12/h1-6,16-18,20H/b12-6+. The van der Waals surface area contributed by atoms with Gasteiger partial charge in [-0.1, -0.05) is 6.07 Å². The highest BCUT2D eigenvalue weighted by atomic mass is 16.5. The Morgan fingerprint density at radius 2 is 1.62 bits per heavy atom. The largest absolute Gasteiger partial charge is 0.504 e. The van der Waals surface area contributed by atoms with Crippen LogP contribution in [0.1, 0.15) is 15.9 Å². The number of benzene rings is 2. The van der Waals surface area contributed by atoms with Gasteiger partial charge < -0.3 is 25.2 Å². The zero-order chi connectivity index (χ0) is 15.1. The smallest absolute Gasteiger partial charge is 0.232 e. The van der Waals surface area contributed by atoms with Gasteiger partial charge in [-0.25, -0.2) is 0 Å². The molecule has 0 spiro atoms. The van der Waals surface area contributed by atoms with E-state index in [0.717, 1.165) is 0 Å². The number of ether oxygens (including phenoxy) is 1. The van der Waals surface area contributed by atoms with Crippen molar-refractivity contribution in [1.82, 2.24) is 0 Å². The molecule has 1 aliphatic heterocycles. The summed E-state index contributed by atoms with van der Waals surface area (Å²) in [7, 11) is 0. The van der Waals surface area contributed by atoms with Crippen LogP contribution in [0, 0.1) is 0 Å². The van der Waals surface area contributed by atoms with Crippen LogP contribution in [0.2, 0.25) is 0 Å². The van der Waals surface area contributed by atoms with E-state index in [-0.39, 0.29) is 34.3 Å². The summed E-state index contributed by atoms with van der Waals surface area (Å²) >= 11 is 0. The summed E-state index contributed by atoms with van der Waals surface area (Å²) in [5.74, 6) is -2.10. The van der Waals surface area contributed by atoms with Crippen LogP contribution in [-0.4, -0.2) is 26.2 Å². The SMILES string of the molecule is O=C1/C(=C\c2ccc(O)c(O)c2)Oc2c1ccc(O)c2O. The van der Waals surface area contributed by atoms with E-state index in [9.17, 15) is 25.2 Å². The molecule has 0 bridgehead atoms. The number of ketones is 1. The maximum atomic E-state index is 12.1. The van der Waals surface area contributed by atoms with Crippen molar-refractivity contribution in [3.63, 3.8) is 0 Å². The van der Waals surface area contributed by atoms with Crippen LogP contribution in [0.5, 0.6) is 28.7 Å². The number of carbonyl (C=O) groups is 1. The first-order valence-electron chi connectivity index (χ1n) is 5.98. The van der Waals surface area contributed by atoms with Crippen molar-refractivity contribution in [2.75, 3.05) is 0 Å². The van der Waals surface area contributed by atoms with E-state index in [1.165, 1.54) is 36.4 Å². The Morgan fingerprint density at radius 1 is 0.905 bits per heavy atom. The molecular weight excluding hydrogens is 276 g/mol. The van der Waals surface area contributed by atoms with Gasteiger partial charge in [-0.3, -0.25) is 4.79 Å². The van der Waals surface area contributed by atoms with Crippen molar-refractivity contribution in [3.8, 4) is 28.7 Å².